The normalized spacial score (nSPS) is 14.0. The van der Waals surface area contributed by atoms with Crippen LogP contribution in [0.25, 0.3) is 10.8 Å². The lowest BCUT2D eigenvalue weighted by Crippen LogP contribution is -2.19. The van der Waals surface area contributed by atoms with Gasteiger partial charge in [-0.3, -0.25) is 4.99 Å². The molecule has 2 rings (SSSR count). The Morgan fingerprint density at radius 3 is 2.60 bits per heavy atom. The zero-order valence-electron chi connectivity index (χ0n) is 11.5. The van der Waals surface area contributed by atoms with E-state index in [9.17, 15) is 5.11 Å². The molecular weight excluding hydrogens is 338 g/mol. The van der Waals surface area contributed by atoms with Crippen LogP contribution in [-0.4, -0.2) is 22.9 Å². The number of fused-ring (bicyclic) bond motifs is 1. The van der Waals surface area contributed by atoms with E-state index in [1.807, 2.05) is 44.2 Å². The van der Waals surface area contributed by atoms with Gasteiger partial charge in [0.15, 0.2) is 0 Å². The second kappa shape index (κ2) is 6.70. The summed E-state index contributed by atoms with van der Waals surface area (Å²) < 4.78 is 0.935. The number of rotatable bonds is 4. The van der Waals surface area contributed by atoms with Gasteiger partial charge in [0.2, 0.25) is 0 Å². The molecule has 0 fully saturated rings. The van der Waals surface area contributed by atoms with E-state index in [0.29, 0.717) is 5.17 Å². The van der Waals surface area contributed by atoms with Crippen LogP contribution >= 0.6 is 27.5 Å². The van der Waals surface area contributed by atoms with E-state index in [-0.39, 0.29) is 18.6 Å². The van der Waals surface area contributed by atoms with Crippen molar-refractivity contribution in [2.24, 2.45) is 10.9 Å². The molecule has 1 N–H and O–H groups in total. The van der Waals surface area contributed by atoms with Gasteiger partial charge in [0.1, 0.15) is 5.17 Å². The summed E-state index contributed by atoms with van der Waals surface area (Å²) >= 11 is 9.94. The number of hydrogen-bond donors (Lipinski definition) is 1. The third-order valence-corrected chi connectivity index (χ3v) is 4.48. The number of aliphatic hydroxyl groups is 1. The summed E-state index contributed by atoms with van der Waals surface area (Å²) in [6.45, 7) is 4.03. The van der Waals surface area contributed by atoms with Gasteiger partial charge in [-0.2, -0.15) is 0 Å². The summed E-state index contributed by atoms with van der Waals surface area (Å²) in [7, 11) is 0. The number of halogens is 2. The second-order valence-electron chi connectivity index (χ2n) is 5.06. The van der Waals surface area contributed by atoms with Crippen molar-refractivity contribution in [2.45, 2.75) is 19.9 Å². The Morgan fingerprint density at radius 2 is 1.95 bits per heavy atom. The predicted octanol–water partition coefficient (Wildman–Crippen LogP) is 4.60. The van der Waals surface area contributed by atoms with Gasteiger partial charge in [-0.15, -0.1) is 0 Å². The molecule has 2 nitrogen and oxygen atoms in total. The molecule has 0 unspecified atom stereocenters. The molecule has 0 radical (unpaired) electrons. The smallest absolute Gasteiger partial charge is 0.132 e. The molecule has 0 aliphatic heterocycles. The Kier molecular flexibility index (Phi) is 5.19. The molecule has 2 aromatic rings. The molecule has 0 aliphatic carbocycles. The average molecular weight is 355 g/mol. The first-order chi connectivity index (χ1) is 9.54. The van der Waals surface area contributed by atoms with Crippen molar-refractivity contribution >= 4 is 43.5 Å². The van der Waals surface area contributed by atoms with Crippen LogP contribution in [0.2, 0.25) is 0 Å². The molecule has 2 aromatic carbocycles. The fourth-order valence-electron chi connectivity index (χ4n) is 2.01. The number of aliphatic hydroxyl groups excluding tert-OH is 1. The van der Waals surface area contributed by atoms with Gasteiger partial charge in [-0.1, -0.05) is 61.8 Å². The molecule has 0 saturated carbocycles. The van der Waals surface area contributed by atoms with E-state index in [2.05, 4.69) is 27.0 Å². The fraction of sp³-hybridized carbons (Fsp3) is 0.312. The van der Waals surface area contributed by atoms with Crippen molar-refractivity contribution in [1.29, 1.82) is 0 Å². The molecule has 0 spiro atoms. The molecule has 0 aromatic heterocycles. The van der Waals surface area contributed by atoms with E-state index in [1.165, 1.54) is 0 Å². The quantitative estimate of drug-likeness (QED) is 0.799. The average Bonchev–Trinajstić information content (AvgIpc) is 2.44. The second-order valence-corrected chi connectivity index (χ2v) is 6.21. The zero-order chi connectivity index (χ0) is 14.7. The predicted molar refractivity (Wildman–Crippen MR) is 89.7 cm³/mol. The van der Waals surface area contributed by atoms with Crippen molar-refractivity contribution in [3.63, 3.8) is 0 Å². The van der Waals surface area contributed by atoms with Crippen LogP contribution in [-0.2, 0) is 0 Å². The van der Waals surface area contributed by atoms with E-state index < -0.39 is 0 Å². The summed E-state index contributed by atoms with van der Waals surface area (Å²) in [5.74, 6) is 0.244. The Bertz CT molecular complexity index is 639. The highest BCUT2D eigenvalue weighted by Crippen LogP contribution is 2.29. The van der Waals surface area contributed by atoms with Gasteiger partial charge in [0.25, 0.3) is 0 Å². The maximum absolute atomic E-state index is 9.36. The van der Waals surface area contributed by atoms with Crippen molar-refractivity contribution in [3.8, 4) is 0 Å². The van der Waals surface area contributed by atoms with Gasteiger partial charge in [0, 0.05) is 10.0 Å². The minimum absolute atomic E-state index is 0.000906. The van der Waals surface area contributed by atoms with E-state index in [1.54, 1.807) is 0 Å². The maximum atomic E-state index is 9.36. The third kappa shape index (κ3) is 3.22. The molecular formula is C16H17BrClNO. The van der Waals surface area contributed by atoms with Crippen LogP contribution in [0.15, 0.2) is 45.9 Å². The number of hydrogen-bond acceptors (Lipinski definition) is 2. The lowest BCUT2D eigenvalue weighted by Gasteiger charge is -2.15. The molecule has 0 bridgehead atoms. The largest absolute Gasteiger partial charge is 0.394 e. The fourth-order valence-corrected chi connectivity index (χ4v) is 3.09. The molecule has 0 amide bonds. The summed E-state index contributed by atoms with van der Waals surface area (Å²) in [6, 6.07) is 11.9. The van der Waals surface area contributed by atoms with Crippen molar-refractivity contribution in [3.05, 3.63) is 46.4 Å². The Labute approximate surface area is 132 Å². The first-order valence-electron chi connectivity index (χ1n) is 6.56. The van der Waals surface area contributed by atoms with Crippen LogP contribution in [0, 0.1) is 5.92 Å². The van der Waals surface area contributed by atoms with Crippen molar-refractivity contribution < 1.29 is 5.11 Å². The van der Waals surface area contributed by atoms with Gasteiger partial charge >= 0.3 is 0 Å². The maximum Gasteiger partial charge on any atom is 0.132 e. The lowest BCUT2D eigenvalue weighted by atomic mass is 10.1. The van der Waals surface area contributed by atoms with Gasteiger partial charge < -0.3 is 5.11 Å². The Morgan fingerprint density at radius 1 is 1.25 bits per heavy atom. The van der Waals surface area contributed by atoms with Gasteiger partial charge in [-0.25, -0.2) is 0 Å². The minimum Gasteiger partial charge on any atom is -0.394 e. The SMILES string of the molecule is CC(C)[C@@H](CO)N=C(Cl)c1ccc2ccccc2c1Br. The first-order valence-corrected chi connectivity index (χ1v) is 7.73. The highest BCUT2D eigenvalue weighted by atomic mass is 79.9. The van der Waals surface area contributed by atoms with E-state index >= 15 is 0 Å². The highest BCUT2D eigenvalue weighted by molar-refractivity contribution is 9.10. The number of nitrogens with zero attached hydrogens (tertiary/aromatic N) is 1. The lowest BCUT2D eigenvalue weighted by molar-refractivity contribution is 0.240. The molecule has 106 valence electrons. The highest BCUT2D eigenvalue weighted by Gasteiger charge is 2.14. The molecule has 0 saturated heterocycles. The summed E-state index contributed by atoms with van der Waals surface area (Å²) in [5, 5.41) is 12.0. The van der Waals surface area contributed by atoms with Crippen LogP contribution in [0.5, 0.6) is 0 Å². The summed E-state index contributed by atoms with van der Waals surface area (Å²) in [4.78, 5) is 4.43. The van der Waals surface area contributed by atoms with E-state index in [0.717, 1.165) is 20.8 Å². The van der Waals surface area contributed by atoms with Crippen LogP contribution in [0.4, 0.5) is 0 Å². The molecule has 0 aliphatic rings. The van der Waals surface area contributed by atoms with Crippen LogP contribution in [0.3, 0.4) is 0 Å². The summed E-state index contributed by atoms with van der Waals surface area (Å²) in [6.07, 6.45) is 0. The summed E-state index contributed by atoms with van der Waals surface area (Å²) in [5.41, 5.74) is 0.851. The van der Waals surface area contributed by atoms with Crippen molar-refractivity contribution in [2.75, 3.05) is 6.61 Å². The molecule has 1 atom stereocenters. The van der Waals surface area contributed by atoms with Crippen molar-refractivity contribution in [1.82, 2.24) is 0 Å². The molecule has 4 heteroatoms. The Balaban J connectivity index is 2.47. The molecule has 0 heterocycles. The zero-order valence-corrected chi connectivity index (χ0v) is 13.8. The van der Waals surface area contributed by atoms with Crippen LogP contribution in [0.1, 0.15) is 19.4 Å². The standard InChI is InChI=1S/C16H17BrClNO/c1-10(2)14(9-20)19-16(18)13-8-7-11-5-3-4-6-12(11)15(13)17/h3-8,10,14,20H,9H2,1-2H3/t14-/m1/s1. The molecule has 20 heavy (non-hydrogen) atoms. The monoisotopic (exact) mass is 353 g/mol. The number of benzene rings is 2. The number of aliphatic imine (C=N–C) groups is 1. The Hall–Kier alpha value is -0.900. The third-order valence-electron chi connectivity index (χ3n) is 3.32. The van der Waals surface area contributed by atoms with Gasteiger partial charge in [0.05, 0.1) is 12.6 Å². The minimum atomic E-state index is -0.180. The van der Waals surface area contributed by atoms with Gasteiger partial charge in [-0.05, 0) is 32.6 Å². The topological polar surface area (TPSA) is 32.6 Å². The van der Waals surface area contributed by atoms with Crippen LogP contribution < -0.4 is 0 Å². The van der Waals surface area contributed by atoms with E-state index in [4.69, 9.17) is 11.6 Å². The first kappa shape index (κ1) is 15.5.